The van der Waals surface area contributed by atoms with Crippen molar-refractivity contribution in [3.8, 4) is 0 Å². The average Bonchev–Trinajstić information content (AvgIpc) is 3.57. The van der Waals surface area contributed by atoms with Crippen LogP contribution in [0.5, 0.6) is 0 Å². The molecule has 0 aromatic heterocycles. The fourth-order valence-electron chi connectivity index (χ4n) is 11.1. The van der Waals surface area contributed by atoms with E-state index in [0.29, 0.717) is 23.2 Å². The molecule has 3 nitrogen and oxygen atoms in total. The number of epoxide rings is 2. The SMILES string of the molecule is CC(CCC1OC1(C)C)C1CC[C@@]2(C)C34CC[C@H]5C(C)(C)C(=O)CC[C@]5(C)C3(CC[C@]12C)O4. The second kappa shape index (κ2) is 6.28. The van der Waals surface area contributed by atoms with Gasteiger partial charge in [-0.05, 0) is 94.8 Å². The zero-order valence-corrected chi connectivity index (χ0v) is 22.6. The monoisotopic (exact) mass is 456 g/mol. The molecule has 5 unspecified atom stereocenters. The van der Waals surface area contributed by atoms with E-state index in [1.807, 2.05) is 0 Å². The van der Waals surface area contributed by atoms with Gasteiger partial charge in [0.2, 0.25) is 0 Å². The molecule has 6 aliphatic rings. The Kier molecular flexibility index (Phi) is 4.38. The normalized spacial score (nSPS) is 56.2. The molecule has 2 saturated heterocycles. The number of rotatable bonds is 4. The topological polar surface area (TPSA) is 42.1 Å². The van der Waals surface area contributed by atoms with Gasteiger partial charge in [-0.3, -0.25) is 4.79 Å². The Labute approximate surface area is 202 Å². The van der Waals surface area contributed by atoms with E-state index in [4.69, 9.17) is 9.47 Å². The Balaban J connectivity index is 1.28. The van der Waals surface area contributed by atoms with Gasteiger partial charge in [-0.25, -0.2) is 0 Å². The second-order valence-electron chi connectivity index (χ2n) is 15.1. The van der Waals surface area contributed by atoms with Crippen LogP contribution in [0.25, 0.3) is 0 Å². The number of carbonyl (C=O) groups excluding carboxylic acids is 1. The highest BCUT2D eigenvalue weighted by Crippen LogP contribution is 2.86. The Morgan fingerprint density at radius 2 is 1.58 bits per heavy atom. The smallest absolute Gasteiger partial charge is 0.138 e. The predicted molar refractivity (Wildman–Crippen MR) is 131 cm³/mol. The summed E-state index contributed by atoms with van der Waals surface area (Å²) in [6.45, 7) is 19.2. The van der Waals surface area contributed by atoms with E-state index in [-0.39, 0.29) is 33.0 Å². The molecule has 0 bridgehead atoms. The molecule has 2 heterocycles. The number of ether oxygens (including phenoxy) is 2. The van der Waals surface area contributed by atoms with Gasteiger partial charge >= 0.3 is 0 Å². The average molecular weight is 457 g/mol. The van der Waals surface area contributed by atoms with Crippen molar-refractivity contribution in [1.82, 2.24) is 0 Å². The molecular weight excluding hydrogens is 408 g/mol. The zero-order valence-electron chi connectivity index (χ0n) is 22.6. The van der Waals surface area contributed by atoms with Gasteiger partial charge in [0.1, 0.15) is 17.0 Å². The molecule has 9 atom stereocenters. The Bertz CT molecular complexity index is 891. The van der Waals surface area contributed by atoms with Crippen molar-refractivity contribution in [2.45, 2.75) is 143 Å². The molecule has 0 spiro atoms. The first-order valence-electron chi connectivity index (χ1n) is 14.1. The largest absolute Gasteiger partial charge is 0.367 e. The van der Waals surface area contributed by atoms with Crippen molar-refractivity contribution in [2.75, 3.05) is 0 Å². The molecule has 0 aromatic rings. The highest BCUT2D eigenvalue weighted by Gasteiger charge is 2.90. The van der Waals surface area contributed by atoms with Crippen LogP contribution < -0.4 is 0 Å². The van der Waals surface area contributed by atoms with Crippen molar-refractivity contribution in [2.24, 2.45) is 39.4 Å². The maximum atomic E-state index is 12.9. The lowest BCUT2D eigenvalue weighted by molar-refractivity contribution is -0.154. The van der Waals surface area contributed by atoms with Gasteiger partial charge in [0.05, 0.1) is 11.7 Å². The third kappa shape index (κ3) is 2.43. The summed E-state index contributed by atoms with van der Waals surface area (Å²) in [5.41, 5.74) is 0.729. The molecule has 0 N–H and O–H groups in total. The summed E-state index contributed by atoms with van der Waals surface area (Å²) in [5, 5.41) is 0. The highest BCUT2D eigenvalue weighted by atomic mass is 16.6. The maximum absolute atomic E-state index is 12.9. The van der Waals surface area contributed by atoms with Crippen LogP contribution in [0.4, 0.5) is 0 Å². The van der Waals surface area contributed by atoms with E-state index < -0.39 is 0 Å². The van der Waals surface area contributed by atoms with Crippen LogP contribution in [0.2, 0.25) is 0 Å². The first kappa shape index (κ1) is 23.0. The molecule has 33 heavy (non-hydrogen) atoms. The van der Waals surface area contributed by atoms with Crippen LogP contribution in [-0.2, 0) is 14.3 Å². The molecular formula is C30H48O3. The lowest BCUT2D eigenvalue weighted by Gasteiger charge is -2.62. The van der Waals surface area contributed by atoms with Gasteiger partial charge < -0.3 is 9.47 Å². The molecule has 4 saturated carbocycles. The fourth-order valence-corrected chi connectivity index (χ4v) is 11.1. The Morgan fingerprint density at radius 1 is 0.879 bits per heavy atom. The molecule has 0 aromatic carbocycles. The summed E-state index contributed by atoms with van der Waals surface area (Å²) < 4.78 is 13.1. The molecule has 186 valence electrons. The van der Waals surface area contributed by atoms with Crippen molar-refractivity contribution in [1.29, 1.82) is 0 Å². The minimum atomic E-state index is -0.201. The summed E-state index contributed by atoms with van der Waals surface area (Å²) in [5.74, 6) is 2.49. The van der Waals surface area contributed by atoms with Crippen LogP contribution >= 0.6 is 0 Å². The van der Waals surface area contributed by atoms with E-state index in [2.05, 4.69) is 55.4 Å². The van der Waals surface area contributed by atoms with Crippen LogP contribution in [0.3, 0.4) is 0 Å². The van der Waals surface area contributed by atoms with E-state index >= 15 is 0 Å². The third-order valence-electron chi connectivity index (χ3n) is 13.6. The van der Waals surface area contributed by atoms with Crippen molar-refractivity contribution in [3.63, 3.8) is 0 Å². The maximum Gasteiger partial charge on any atom is 0.138 e. The summed E-state index contributed by atoms with van der Waals surface area (Å²) >= 11 is 0. The molecule has 2 aliphatic heterocycles. The number of ketones is 1. The van der Waals surface area contributed by atoms with Crippen molar-refractivity contribution >= 4 is 5.78 Å². The quantitative estimate of drug-likeness (QED) is 0.423. The highest BCUT2D eigenvalue weighted by molar-refractivity contribution is 5.85. The van der Waals surface area contributed by atoms with Crippen LogP contribution in [-0.4, -0.2) is 28.7 Å². The predicted octanol–water partition coefficient (Wildman–Crippen LogP) is 7.11. The first-order chi connectivity index (χ1) is 15.2. The van der Waals surface area contributed by atoms with E-state index in [9.17, 15) is 4.79 Å². The number of Topliss-reactive ketones (excluding diaryl/α,β-unsaturated/α-hetero) is 1. The summed E-state index contributed by atoms with van der Waals surface area (Å²) in [6, 6.07) is 0. The molecule has 4 aliphatic carbocycles. The Morgan fingerprint density at radius 3 is 2.24 bits per heavy atom. The Hall–Kier alpha value is -0.410. The lowest BCUT2D eigenvalue weighted by atomic mass is 9.38. The minimum Gasteiger partial charge on any atom is -0.367 e. The molecule has 3 heteroatoms. The molecule has 0 amide bonds. The fraction of sp³-hybridized carbons (Fsp3) is 0.967. The lowest BCUT2D eigenvalue weighted by Crippen LogP contribution is -2.65. The van der Waals surface area contributed by atoms with Gasteiger partial charge in [-0.15, -0.1) is 0 Å². The standard InChI is InChI=1S/C30H48O3/c1-19(9-10-23-25(4,5)32-23)20-11-15-28(8)26(20,6)17-18-29-27(7)14-13-22(31)24(2,3)21(27)12-16-30(28,29)33-29/h19-21,23H,9-18H2,1-8H3/t19?,20?,21-,23?,26+,27-,28+,29?,30?/m0/s1. The third-order valence-corrected chi connectivity index (χ3v) is 13.6. The molecule has 6 fully saturated rings. The van der Waals surface area contributed by atoms with Crippen molar-refractivity contribution < 1.29 is 14.3 Å². The van der Waals surface area contributed by atoms with Gasteiger partial charge in [0.25, 0.3) is 0 Å². The number of fused-ring (bicyclic) bond motifs is 2. The summed E-state index contributed by atoms with van der Waals surface area (Å²) in [4.78, 5) is 12.9. The van der Waals surface area contributed by atoms with Gasteiger partial charge in [0, 0.05) is 22.7 Å². The van der Waals surface area contributed by atoms with Crippen LogP contribution in [0, 0.1) is 39.4 Å². The van der Waals surface area contributed by atoms with Crippen LogP contribution in [0.1, 0.15) is 120 Å². The second-order valence-corrected chi connectivity index (χ2v) is 15.1. The van der Waals surface area contributed by atoms with Gasteiger partial charge in [-0.1, -0.05) is 41.5 Å². The number of carbonyl (C=O) groups is 1. The molecule has 0 radical (unpaired) electrons. The number of hydrogen-bond acceptors (Lipinski definition) is 3. The van der Waals surface area contributed by atoms with E-state index in [1.54, 1.807) is 0 Å². The minimum absolute atomic E-state index is 0.0130. The summed E-state index contributed by atoms with van der Waals surface area (Å²) in [6.07, 6.45) is 12.3. The van der Waals surface area contributed by atoms with Crippen LogP contribution in [0.15, 0.2) is 0 Å². The van der Waals surface area contributed by atoms with Gasteiger partial charge in [0.15, 0.2) is 0 Å². The van der Waals surface area contributed by atoms with E-state index in [0.717, 1.165) is 31.1 Å². The van der Waals surface area contributed by atoms with Gasteiger partial charge in [-0.2, -0.15) is 0 Å². The zero-order chi connectivity index (χ0) is 23.9. The van der Waals surface area contributed by atoms with Crippen molar-refractivity contribution in [3.05, 3.63) is 0 Å². The van der Waals surface area contributed by atoms with E-state index in [1.165, 1.54) is 44.9 Å². The first-order valence-corrected chi connectivity index (χ1v) is 14.1. The summed E-state index contributed by atoms with van der Waals surface area (Å²) in [7, 11) is 0. The molecule has 6 rings (SSSR count). The number of hydrogen-bond donors (Lipinski definition) is 0.